The second kappa shape index (κ2) is 7.06. The average molecular weight is 300 g/mol. The summed E-state index contributed by atoms with van der Waals surface area (Å²) in [6.07, 6.45) is 0. The molecule has 0 aliphatic carbocycles. The molecule has 5 nitrogen and oxygen atoms in total. The lowest BCUT2D eigenvalue weighted by molar-refractivity contribution is 0.175. The molecule has 0 aromatic heterocycles. The van der Waals surface area contributed by atoms with E-state index >= 15 is 0 Å². The normalized spacial score (nSPS) is 12.3. The van der Waals surface area contributed by atoms with Gasteiger partial charge >= 0.3 is 0 Å². The number of anilines is 1. The highest BCUT2D eigenvalue weighted by molar-refractivity contribution is 7.89. The summed E-state index contributed by atoms with van der Waals surface area (Å²) in [7, 11) is -1.99. The van der Waals surface area contributed by atoms with E-state index in [4.69, 9.17) is 10.5 Å². The second-order valence-electron chi connectivity index (χ2n) is 5.22. The van der Waals surface area contributed by atoms with Gasteiger partial charge in [0.15, 0.2) is 0 Å². The van der Waals surface area contributed by atoms with Crippen LogP contribution in [-0.4, -0.2) is 39.5 Å². The second-order valence-corrected chi connectivity index (χ2v) is 7.13. The van der Waals surface area contributed by atoms with Crippen LogP contribution in [0.25, 0.3) is 0 Å². The van der Waals surface area contributed by atoms with Crippen molar-refractivity contribution in [2.45, 2.75) is 25.7 Å². The average Bonchev–Trinajstić information content (AvgIpc) is 2.37. The predicted octanol–water partition coefficient (Wildman–Crippen LogP) is 1.87. The SMILES string of the molecule is COCCN(CC(C)C)S(=O)(=O)c1cccc(N)c1C. The molecule has 0 unspecified atom stereocenters. The Hall–Kier alpha value is -1.11. The maximum atomic E-state index is 12.8. The van der Waals surface area contributed by atoms with E-state index in [0.29, 0.717) is 30.9 Å². The van der Waals surface area contributed by atoms with Crippen LogP contribution >= 0.6 is 0 Å². The smallest absolute Gasteiger partial charge is 0.243 e. The van der Waals surface area contributed by atoms with Crippen molar-refractivity contribution in [3.63, 3.8) is 0 Å². The summed E-state index contributed by atoms with van der Waals surface area (Å²) in [5, 5.41) is 0. The van der Waals surface area contributed by atoms with Crippen molar-refractivity contribution < 1.29 is 13.2 Å². The number of sulfonamides is 1. The van der Waals surface area contributed by atoms with Crippen LogP contribution in [-0.2, 0) is 14.8 Å². The lowest BCUT2D eigenvalue weighted by atomic mass is 10.2. The fraction of sp³-hybridized carbons (Fsp3) is 0.571. The standard InChI is InChI=1S/C14H24N2O3S/c1-11(2)10-16(8-9-19-4)20(17,18)14-7-5-6-13(15)12(14)3/h5-7,11H,8-10,15H2,1-4H3. The minimum Gasteiger partial charge on any atom is -0.398 e. The molecule has 1 aromatic rings. The quantitative estimate of drug-likeness (QED) is 0.780. The molecule has 0 spiro atoms. The monoisotopic (exact) mass is 300 g/mol. The van der Waals surface area contributed by atoms with Crippen molar-refractivity contribution >= 4 is 15.7 Å². The number of ether oxygens (including phenoxy) is 1. The third-order valence-corrected chi connectivity index (χ3v) is 5.07. The minimum atomic E-state index is -3.55. The fourth-order valence-electron chi connectivity index (χ4n) is 1.96. The summed E-state index contributed by atoms with van der Waals surface area (Å²) >= 11 is 0. The molecular weight excluding hydrogens is 276 g/mol. The van der Waals surface area contributed by atoms with E-state index in [9.17, 15) is 8.42 Å². The highest BCUT2D eigenvalue weighted by atomic mass is 32.2. The number of rotatable bonds is 7. The van der Waals surface area contributed by atoms with Crippen molar-refractivity contribution in [1.82, 2.24) is 4.31 Å². The maximum absolute atomic E-state index is 12.8. The first-order valence-corrected chi connectivity index (χ1v) is 8.09. The summed E-state index contributed by atoms with van der Waals surface area (Å²) in [4.78, 5) is 0.272. The van der Waals surface area contributed by atoms with Gasteiger partial charge in [0.1, 0.15) is 0 Å². The Morgan fingerprint density at radius 3 is 2.55 bits per heavy atom. The molecular formula is C14H24N2O3S. The third kappa shape index (κ3) is 3.94. The van der Waals surface area contributed by atoms with Crippen molar-refractivity contribution in [3.8, 4) is 0 Å². The molecule has 0 aliphatic rings. The van der Waals surface area contributed by atoms with Gasteiger partial charge in [0.2, 0.25) is 10.0 Å². The van der Waals surface area contributed by atoms with Crippen LogP contribution < -0.4 is 5.73 Å². The first-order valence-electron chi connectivity index (χ1n) is 6.65. The van der Waals surface area contributed by atoms with Gasteiger partial charge in [-0.3, -0.25) is 0 Å². The lowest BCUT2D eigenvalue weighted by Crippen LogP contribution is -2.37. The molecule has 0 radical (unpaired) electrons. The van der Waals surface area contributed by atoms with Gasteiger partial charge in [-0.05, 0) is 30.5 Å². The van der Waals surface area contributed by atoms with Crippen LogP contribution in [0.1, 0.15) is 19.4 Å². The van der Waals surface area contributed by atoms with Crippen LogP contribution in [0.3, 0.4) is 0 Å². The number of hydrogen-bond donors (Lipinski definition) is 1. The molecule has 0 amide bonds. The van der Waals surface area contributed by atoms with E-state index in [-0.39, 0.29) is 10.8 Å². The Balaban J connectivity index is 3.18. The minimum absolute atomic E-state index is 0.239. The molecule has 0 heterocycles. The Labute approximate surface area is 121 Å². The van der Waals surface area contributed by atoms with Gasteiger partial charge in [-0.15, -0.1) is 0 Å². The number of nitrogens with two attached hydrogens (primary N) is 1. The van der Waals surface area contributed by atoms with E-state index in [1.54, 1.807) is 32.2 Å². The molecule has 0 saturated heterocycles. The zero-order valence-corrected chi connectivity index (χ0v) is 13.4. The third-order valence-electron chi connectivity index (χ3n) is 3.06. The topological polar surface area (TPSA) is 72.6 Å². The van der Waals surface area contributed by atoms with E-state index < -0.39 is 10.0 Å². The Kier molecular flexibility index (Phi) is 5.98. The number of nitrogens with zero attached hydrogens (tertiary/aromatic N) is 1. The van der Waals surface area contributed by atoms with Crippen molar-refractivity contribution in [3.05, 3.63) is 23.8 Å². The molecule has 0 fully saturated rings. The Morgan fingerprint density at radius 2 is 2.00 bits per heavy atom. The fourth-order valence-corrected chi connectivity index (χ4v) is 3.80. The van der Waals surface area contributed by atoms with Crippen molar-refractivity contribution in [2.75, 3.05) is 32.5 Å². The predicted molar refractivity (Wildman–Crippen MR) is 81.1 cm³/mol. The van der Waals surface area contributed by atoms with Gasteiger partial charge < -0.3 is 10.5 Å². The Bertz CT molecular complexity index is 541. The van der Waals surface area contributed by atoms with E-state index in [1.807, 2.05) is 13.8 Å². The lowest BCUT2D eigenvalue weighted by Gasteiger charge is -2.24. The van der Waals surface area contributed by atoms with E-state index in [0.717, 1.165) is 0 Å². The van der Waals surface area contributed by atoms with Gasteiger partial charge in [-0.1, -0.05) is 19.9 Å². The molecule has 6 heteroatoms. The van der Waals surface area contributed by atoms with Crippen LogP contribution in [0.5, 0.6) is 0 Å². The van der Waals surface area contributed by atoms with E-state index in [2.05, 4.69) is 0 Å². The molecule has 114 valence electrons. The number of nitrogen functional groups attached to an aromatic ring is 1. The summed E-state index contributed by atoms with van der Waals surface area (Å²) in [6, 6.07) is 4.97. The maximum Gasteiger partial charge on any atom is 0.243 e. The first kappa shape index (κ1) is 16.9. The molecule has 1 aromatic carbocycles. The molecule has 2 N–H and O–H groups in total. The first-order chi connectivity index (χ1) is 9.30. The van der Waals surface area contributed by atoms with Crippen LogP contribution in [0.2, 0.25) is 0 Å². The number of methoxy groups -OCH3 is 1. The molecule has 0 atom stereocenters. The van der Waals surface area contributed by atoms with Crippen molar-refractivity contribution in [2.24, 2.45) is 5.92 Å². The van der Waals surface area contributed by atoms with Gasteiger partial charge in [-0.25, -0.2) is 8.42 Å². The molecule has 0 aliphatic heterocycles. The van der Waals surface area contributed by atoms with E-state index in [1.165, 1.54) is 4.31 Å². The highest BCUT2D eigenvalue weighted by Gasteiger charge is 2.26. The summed E-state index contributed by atoms with van der Waals surface area (Å²) in [6.45, 7) is 6.87. The molecule has 1 rings (SSSR count). The van der Waals surface area contributed by atoms with Gasteiger partial charge in [-0.2, -0.15) is 4.31 Å². The van der Waals surface area contributed by atoms with Crippen LogP contribution in [0.4, 0.5) is 5.69 Å². The zero-order valence-electron chi connectivity index (χ0n) is 12.6. The zero-order chi connectivity index (χ0) is 15.3. The van der Waals surface area contributed by atoms with Gasteiger partial charge in [0.25, 0.3) is 0 Å². The van der Waals surface area contributed by atoms with Gasteiger partial charge in [0, 0.05) is 25.9 Å². The van der Waals surface area contributed by atoms with Crippen LogP contribution in [0, 0.1) is 12.8 Å². The largest absolute Gasteiger partial charge is 0.398 e. The molecule has 20 heavy (non-hydrogen) atoms. The molecule has 0 saturated carbocycles. The highest BCUT2D eigenvalue weighted by Crippen LogP contribution is 2.24. The van der Waals surface area contributed by atoms with Crippen LogP contribution in [0.15, 0.2) is 23.1 Å². The summed E-state index contributed by atoms with van der Waals surface area (Å²) in [5.74, 6) is 0.239. The van der Waals surface area contributed by atoms with Crippen molar-refractivity contribution in [1.29, 1.82) is 0 Å². The summed E-state index contributed by atoms with van der Waals surface area (Å²) in [5.41, 5.74) is 6.90. The Morgan fingerprint density at radius 1 is 1.35 bits per heavy atom. The summed E-state index contributed by atoms with van der Waals surface area (Å²) < 4.78 is 32.0. The number of benzene rings is 1. The number of hydrogen-bond acceptors (Lipinski definition) is 4. The van der Waals surface area contributed by atoms with Gasteiger partial charge in [0.05, 0.1) is 11.5 Å². The molecule has 0 bridgehead atoms.